The minimum Gasteiger partial charge on any atom is -0.210 e. The van der Waals surface area contributed by atoms with Crippen molar-refractivity contribution in [1.29, 1.82) is 0 Å². The Balaban J connectivity index is 2.98. The highest BCUT2D eigenvalue weighted by molar-refractivity contribution is 4.96. The molecule has 0 radical (unpaired) electrons. The van der Waals surface area contributed by atoms with Gasteiger partial charge in [-0.15, -0.1) is 0 Å². The fraction of sp³-hybridized carbons (Fsp3) is 1.00. The second-order valence-electron chi connectivity index (χ2n) is 7.44. The van der Waals surface area contributed by atoms with Crippen LogP contribution in [0.25, 0.3) is 0 Å². The number of alkyl halides is 2. The smallest absolute Gasteiger partial charge is 0.210 e. The molecule has 1 aliphatic carbocycles. The second kappa shape index (κ2) is 4.27. The zero-order valence-corrected chi connectivity index (χ0v) is 11.5. The summed E-state index contributed by atoms with van der Waals surface area (Å²) in [6.45, 7) is 12.9. The Hall–Kier alpha value is -0.140. The average molecular weight is 232 g/mol. The lowest BCUT2D eigenvalue weighted by atomic mass is 9.64. The third kappa shape index (κ3) is 2.75. The number of hydrogen-bond acceptors (Lipinski definition) is 0. The van der Waals surface area contributed by atoms with Gasteiger partial charge in [-0.05, 0) is 35.5 Å². The van der Waals surface area contributed by atoms with Crippen LogP contribution in [0.2, 0.25) is 0 Å². The Morgan fingerprint density at radius 2 is 1.38 bits per heavy atom. The van der Waals surface area contributed by atoms with E-state index in [1.54, 1.807) is 0 Å². The summed E-state index contributed by atoms with van der Waals surface area (Å²) in [4.78, 5) is 0. The minimum atomic E-state index is -2.16. The van der Waals surface area contributed by atoms with Crippen molar-refractivity contribution < 1.29 is 8.78 Å². The van der Waals surface area contributed by atoms with Crippen molar-refractivity contribution in [3.05, 3.63) is 0 Å². The summed E-state index contributed by atoms with van der Waals surface area (Å²) in [5.41, 5.74) is 0.122. The van der Waals surface area contributed by atoms with E-state index in [1.165, 1.54) is 0 Å². The fourth-order valence-corrected chi connectivity index (χ4v) is 3.53. The molecule has 3 unspecified atom stereocenters. The van der Waals surface area contributed by atoms with E-state index < -0.39 is 12.3 Å². The largest absolute Gasteiger partial charge is 0.241 e. The highest BCUT2D eigenvalue weighted by atomic mass is 19.3. The minimum absolute atomic E-state index is 0.0183. The molecule has 16 heavy (non-hydrogen) atoms. The SMILES string of the molecule is CC(C)(C)C1CCC(C(F)F)C1C(C)(C)C. The van der Waals surface area contributed by atoms with Crippen LogP contribution in [0, 0.1) is 28.6 Å². The molecule has 0 aromatic rings. The molecule has 1 rings (SSSR count). The van der Waals surface area contributed by atoms with Gasteiger partial charge >= 0.3 is 0 Å². The van der Waals surface area contributed by atoms with Gasteiger partial charge in [-0.25, -0.2) is 8.78 Å². The summed E-state index contributed by atoms with van der Waals surface area (Å²) in [6, 6.07) is 0. The number of halogens is 2. The molecule has 0 aromatic heterocycles. The summed E-state index contributed by atoms with van der Waals surface area (Å²) in [5, 5.41) is 0. The van der Waals surface area contributed by atoms with Crippen molar-refractivity contribution in [2.45, 2.75) is 60.8 Å². The molecule has 3 atom stereocenters. The number of rotatable bonds is 1. The first kappa shape index (κ1) is 13.9. The van der Waals surface area contributed by atoms with E-state index in [-0.39, 0.29) is 16.7 Å². The zero-order valence-electron chi connectivity index (χ0n) is 11.5. The number of hydrogen-bond donors (Lipinski definition) is 0. The summed E-state index contributed by atoms with van der Waals surface area (Å²) >= 11 is 0. The van der Waals surface area contributed by atoms with Crippen LogP contribution in [0.5, 0.6) is 0 Å². The maximum Gasteiger partial charge on any atom is 0.241 e. The van der Waals surface area contributed by atoms with Gasteiger partial charge < -0.3 is 0 Å². The molecule has 0 nitrogen and oxygen atoms in total. The quantitative estimate of drug-likeness (QED) is 0.597. The van der Waals surface area contributed by atoms with Crippen molar-refractivity contribution in [2.75, 3.05) is 0 Å². The Morgan fingerprint density at radius 1 is 0.875 bits per heavy atom. The topological polar surface area (TPSA) is 0 Å². The van der Waals surface area contributed by atoms with Crippen LogP contribution in [0.15, 0.2) is 0 Å². The first-order valence-corrected chi connectivity index (χ1v) is 6.33. The highest BCUT2D eigenvalue weighted by Gasteiger charge is 2.49. The predicted molar refractivity (Wildman–Crippen MR) is 64.6 cm³/mol. The van der Waals surface area contributed by atoms with Gasteiger partial charge in [0.05, 0.1) is 0 Å². The highest BCUT2D eigenvalue weighted by Crippen LogP contribution is 2.54. The molecule has 2 heteroatoms. The maximum absolute atomic E-state index is 13.1. The Morgan fingerprint density at radius 3 is 1.69 bits per heavy atom. The molecule has 0 aromatic carbocycles. The zero-order chi connectivity index (χ0) is 12.7. The van der Waals surface area contributed by atoms with E-state index in [2.05, 4.69) is 41.5 Å². The van der Waals surface area contributed by atoms with Gasteiger partial charge in [0.1, 0.15) is 0 Å². The fourth-order valence-electron chi connectivity index (χ4n) is 3.53. The van der Waals surface area contributed by atoms with E-state index in [1.807, 2.05) is 0 Å². The molecule has 0 N–H and O–H groups in total. The van der Waals surface area contributed by atoms with Gasteiger partial charge in [0.15, 0.2) is 0 Å². The van der Waals surface area contributed by atoms with Gasteiger partial charge in [0, 0.05) is 5.92 Å². The predicted octanol–water partition coefficient (Wildman–Crippen LogP) is 4.99. The molecular formula is C14H26F2. The van der Waals surface area contributed by atoms with Crippen molar-refractivity contribution in [2.24, 2.45) is 28.6 Å². The molecule has 1 saturated carbocycles. The van der Waals surface area contributed by atoms with Gasteiger partial charge in [0.2, 0.25) is 6.43 Å². The lowest BCUT2D eigenvalue weighted by Gasteiger charge is -2.42. The molecule has 0 saturated heterocycles. The third-order valence-electron chi connectivity index (χ3n) is 4.14. The van der Waals surface area contributed by atoms with Crippen molar-refractivity contribution >= 4 is 0 Å². The van der Waals surface area contributed by atoms with Crippen LogP contribution in [0.4, 0.5) is 8.78 Å². The maximum atomic E-state index is 13.1. The normalized spacial score (nSPS) is 32.4. The van der Waals surface area contributed by atoms with Crippen LogP contribution in [0.3, 0.4) is 0 Å². The van der Waals surface area contributed by atoms with Gasteiger partial charge in [-0.1, -0.05) is 41.5 Å². The summed E-state index contributed by atoms with van der Waals surface area (Å²) in [7, 11) is 0. The molecule has 0 heterocycles. The molecule has 0 bridgehead atoms. The van der Waals surface area contributed by atoms with E-state index in [4.69, 9.17) is 0 Å². The summed E-state index contributed by atoms with van der Waals surface area (Å²) in [5.74, 6) is 0.170. The van der Waals surface area contributed by atoms with Crippen molar-refractivity contribution in [3.8, 4) is 0 Å². The molecule has 1 aliphatic rings. The van der Waals surface area contributed by atoms with Crippen LogP contribution in [-0.4, -0.2) is 6.43 Å². The van der Waals surface area contributed by atoms with Crippen LogP contribution in [-0.2, 0) is 0 Å². The molecular weight excluding hydrogens is 206 g/mol. The van der Waals surface area contributed by atoms with E-state index in [9.17, 15) is 8.78 Å². The van der Waals surface area contributed by atoms with Gasteiger partial charge in [-0.3, -0.25) is 0 Å². The molecule has 0 spiro atoms. The lowest BCUT2D eigenvalue weighted by molar-refractivity contribution is -0.00931. The Kier molecular flexibility index (Phi) is 3.71. The summed E-state index contributed by atoms with van der Waals surface area (Å²) in [6.07, 6.45) is -0.501. The first-order valence-electron chi connectivity index (χ1n) is 6.33. The van der Waals surface area contributed by atoms with Crippen molar-refractivity contribution in [1.82, 2.24) is 0 Å². The molecule has 1 fully saturated rings. The first-order chi connectivity index (χ1) is 7.05. The Labute approximate surface area is 98.8 Å². The van der Waals surface area contributed by atoms with Crippen molar-refractivity contribution in [3.63, 3.8) is 0 Å². The van der Waals surface area contributed by atoms with Crippen LogP contribution >= 0.6 is 0 Å². The molecule has 96 valence electrons. The average Bonchev–Trinajstić information content (AvgIpc) is 2.43. The second-order valence-corrected chi connectivity index (χ2v) is 7.44. The lowest BCUT2D eigenvalue weighted by Crippen LogP contribution is -2.37. The van der Waals surface area contributed by atoms with Gasteiger partial charge in [-0.2, -0.15) is 0 Å². The van der Waals surface area contributed by atoms with Crippen LogP contribution < -0.4 is 0 Å². The monoisotopic (exact) mass is 232 g/mol. The van der Waals surface area contributed by atoms with E-state index >= 15 is 0 Å². The van der Waals surface area contributed by atoms with E-state index in [0.717, 1.165) is 6.42 Å². The van der Waals surface area contributed by atoms with Crippen LogP contribution in [0.1, 0.15) is 54.4 Å². The Bertz CT molecular complexity index is 232. The summed E-state index contributed by atoms with van der Waals surface area (Å²) < 4.78 is 26.2. The van der Waals surface area contributed by atoms with E-state index in [0.29, 0.717) is 12.3 Å². The van der Waals surface area contributed by atoms with Gasteiger partial charge in [0.25, 0.3) is 0 Å². The standard InChI is InChI=1S/C14H26F2/c1-13(2,3)10-8-7-9(12(15)16)11(10)14(4,5)6/h9-12H,7-8H2,1-6H3. The molecule has 0 aliphatic heterocycles. The molecule has 0 amide bonds. The third-order valence-corrected chi connectivity index (χ3v) is 4.14.